The normalized spacial score (nSPS) is 22.0. The Hall–Kier alpha value is -1.97. The number of nitrogens with zero attached hydrogens (tertiary/aromatic N) is 2. The van der Waals surface area contributed by atoms with E-state index in [-0.39, 0.29) is 17.3 Å². The lowest BCUT2D eigenvalue weighted by Crippen LogP contribution is -2.49. The van der Waals surface area contributed by atoms with Crippen LogP contribution in [0.25, 0.3) is 10.6 Å². The Labute approximate surface area is 187 Å². The van der Waals surface area contributed by atoms with Gasteiger partial charge in [-0.25, -0.2) is 22.9 Å². The van der Waals surface area contributed by atoms with Gasteiger partial charge in [-0.1, -0.05) is 30.3 Å². The summed E-state index contributed by atoms with van der Waals surface area (Å²) >= 11 is 1.55. The second-order valence-electron chi connectivity index (χ2n) is 9.21. The van der Waals surface area contributed by atoms with Gasteiger partial charge in [0.1, 0.15) is 10.6 Å². The molecule has 1 saturated carbocycles. The highest BCUT2D eigenvalue weighted by atomic mass is 32.2. The smallest absolute Gasteiger partial charge is 0.410 e. The Bertz CT molecular complexity index is 1030. The molecule has 1 saturated heterocycles. The Balaban J connectivity index is 1.55. The molecule has 1 aliphatic heterocycles. The number of ether oxygens (including phenoxy) is 1. The Morgan fingerprint density at radius 2 is 1.94 bits per heavy atom. The lowest BCUT2D eigenvalue weighted by molar-refractivity contribution is 0.0218. The van der Waals surface area contributed by atoms with Crippen LogP contribution in [-0.4, -0.2) is 53.9 Å². The molecule has 2 atom stereocenters. The first-order chi connectivity index (χ1) is 14.6. The summed E-state index contributed by atoms with van der Waals surface area (Å²) in [6, 6.07) is 9.25. The van der Waals surface area contributed by atoms with E-state index in [0.717, 1.165) is 16.3 Å². The van der Waals surface area contributed by atoms with Gasteiger partial charge in [-0.05, 0) is 40.0 Å². The number of rotatable bonds is 6. The van der Waals surface area contributed by atoms with Crippen molar-refractivity contribution in [2.24, 2.45) is 0 Å². The summed E-state index contributed by atoms with van der Waals surface area (Å²) in [5.74, 6) is 0. The number of carbonyl (C=O) groups excluding carboxylic acids is 1. The first kappa shape index (κ1) is 22.2. The summed E-state index contributed by atoms with van der Waals surface area (Å²) in [7, 11) is -3.36. The molecule has 168 valence electrons. The highest BCUT2D eigenvalue weighted by molar-refractivity contribution is 7.90. The summed E-state index contributed by atoms with van der Waals surface area (Å²) in [5, 5.41) is 2.60. The third kappa shape index (κ3) is 5.45. The summed E-state index contributed by atoms with van der Waals surface area (Å²) < 4.78 is 33.6. The van der Waals surface area contributed by atoms with Gasteiger partial charge in [0.2, 0.25) is 10.0 Å². The van der Waals surface area contributed by atoms with Gasteiger partial charge >= 0.3 is 6.09 Å². The first-order valence-electron chi connectivity index (χ1n) is 10.6. The number of aromatic nitrogens is 1. The molecule has 0 bridgehead atoms. The van der Waals surface area contributed by atoms with Crippen LogP contribution in [0.2, 0.25) is 0 Å². The van der Waals surface area contributed by atoms with Gasteiger partial charge in [-0.15, -0.1) is 11.3 Å². The van der Waals surface area contributed by atoms with Crippen molar-refractivity contribution in [2.45, 2.75) is 69.4 Å². The van der Waals surface area contributed by atoms with E-state index in [2.05, 4.69) is 4.72 Å². The van der Waals surface area contributed by atoms with Gasteiger partial charge in [-0.3, -0.25) is 0 Å². The van der Waals surface area contributed by atoms with E-state index in [1.165, 1.54) is 0 Å². The molecule has 2 fully saturated rings. The zero-order valence-corrected chi connectivity index (χ0v) is 19.7. The van der Waals surface area contributed by atoms with Crippen molar-refractivity contribution >= 4 is 27.5 Å². The van der Waals surface area contributed by atoms with Crippen molar-refractivity contribution < 1.29 is 17.9 Å². The van der Waals surface area contributed by atoms with Crippen molar-refractivity contribution in [3.63, 3.8) is 0 Å². The number of likely N-dealkylation sites (tertiary alicyclic amines) is 1. The Morgan fingerprint density at radius 1 is 1.23 bits per heavy atom. The number of carbonyl (C=O) groups is 1. The van der Waals surface area contributed by atoms with Crippen molar-refractivity contribution in [2.75, 3.05) is 6.54 Å². The molecule has 4 rings (SSSR count). The minimum atomic E-state index is -3.36. The van der Waals surface area contributed by atoms with Crippen LogP contribution in [0.15, 0.2) is 35.7 Å². The van der Waals surface area contributed by atoms with Gasteiger partial charge < -0.3 is 9.64 Å². The molecule has 2 aliphatic rings. The topological polar surface area (TPSA) is 88.6 Å². The molecule has 7 nitrogen and oxygen atoms in total. The van der Waals surface area contributed by atoms with Gasteiger partial charge in [0.05, 0.1) is 17.0 Å². The number of thiazole rings is 1. The van der Waals surface area contributed by atoms with Crippen LogP contribution >= 0.6 is 11.3 Å². The molecule has 2 aromatic rings. The van der Waals surface area contributed by atoms with Crippen molar-refractivity contribution in [3.05, 3.63) is 41.4 Å². The zero-order chi connectivity index (χ0) is 22.2. The van der Waals surface area contributed by atoms with Gasteiger partial charge in [0.15, 0.2) is 0 Å². The number of benzene rings is 1. The number of hydrogen-bond donors (Lipinski definition) is 1. The molecule has 0 radical (unpaired) electrons. The van der Waals surface area contributed by atoms with Gasteiger partial charge in [0, 0.05) is 30.0 Å². The van der Waals surface area contributed by atoms with Crippen LogP contribution in [-0.2, 0) is 21.2 Å². The Morgan fingerprint density at radius 3 is 2.58 bits per heavy atom. The second-order valence-corrected chi connectivity index (χ2v) is 12.1. The molecule has 2 unspecified atom stereocenters. The predicted octanol–water partition coefficient (Wildman–Crippen LogP) is 3.81. The SMILES string of the molecule is CC(C)(C)OC(=O)N1CCC(NS(=O)(=O)C2CC2)C1Cc1csc(-c2ccccc2)n1. The number of nitrogens with one attached hydrogen (secondary N) is 1. The average molecular weight is 464 g/mol. The number of hydrogen-bond acceptors (Lipinski definition) is 6. The van der Waals surface area contributed by atoms with E-state index in [4.69, 9.17) is 9.72 Å². The molecule has 1 aliphatic carbocycles. The van der Waals surface area contributed by atoms with Crippen LogP contribution in [0, 0.1) is 0 Å². The fourth-order valence-corrected chi connectivity index (χ4v) is 6.29. The van der Waals surface area contributed by atoms with Crippen LogP contribution in [0.3, 0.4) is 0 Å². The fraction of sp³-hybridized carbons (Fsp3) is 0.545. The van der Waals surface area contributed by atoms with Crippen LogP contribution < -0.4 is 4.72 Å². The molecular weight excluding hydrogens is 434 g/mol. The third-order valence-corrected chi connectivity index (χ3v) is 8.36. The van der Waals surface area contributed by atoms with E-state index in [1.54, 1.807) is 16.2 Å². The molecule has 2 heterocycles. The third-order valence-electron chi connectivity index (χ3n) is 5.44. The zero-order valence-electron chi connectivity index (χ0n) is 18.1. The van der Waals surface area contributed by atoms with E-state index >= 15 is 0 Å². The minimum Gasteiger partial charge on any atom is -0.444 e. The molecule has 1 aromatic heterocycles. The minimum absolute atomic E-state index is 0.298. The summed E-state index contributed by atoms with van der Waals surface area (Å²) in [5.41, 5.74) is 1.27. The Kier molecular flexibility index (Phi) is 6.11. The largest absolute Gasteiger partial charge is 0.444 e. The maximum absolute atomic E-state index is 12.9. The van der Waals surface area contributed by atoms with Crippen LogP contribution in [0.1, 0.15) is 45.7 Å². The highest BCUT2D eigenvalue weighted by Gasteiger charge is 2.44. The molecule has 1 amide bonds. The number of amides is 1. The van der Waals surface area contributed by atoms with E-state index in [9.17, 15) is 13.2 Å². The van der Waals surface area contributed by atoms with Crippen molar-refractivity contribution in [1.82, 2.24) is 14.6 Å². The summed E-state index contributed by atoms with van der Waals surface area (Å²) in [4.78, 5) is 19.3. The average Bonchev–Trinajstić information content (AvgIpc) is 3.36. The van der Waals surface area contributed by atoms with E-state index < -0.39 is 21.7 Å². The quantitative estimate of drug-likeness (QED) is 0.704. The monoisotopic (exact) mass is 463 g/mol. The van der Waals surface area contributed by atoms with Gasteiger partial charge in [0.25, 0.3) is 0 Å². The lowest BCUT2D eigenvalue weighted by Gasteiger charge is -2.30. The molecule has 9 heteroatoms. The predicted molar refractivity (Wildman–Crippen MR) is 121 cm³/mol. The first-order valence-corrected chi connectivity index (χ1v) is 13.1. The molecular formula is C22H29N3O4S2. The van der Waals surface area contributed by atoms with Crippen molar-refractivity contribution in [3.8, 4) is 10.6 Å². The maximum atomic E-state index is 12.9. The van der Waals surface area contributed by atoms with Crippen LogP contribution in [0.5, 0.6) is 0 Å². The molecule has 1 N–H and O–H groups in total. The second kappa shape index (κ2) is 8.52. The summed E-state index contributed by atoms with van der Waals surface area (Å²) in [6.07, 6.45) is 2.03. The van der Waals surface area contributed by atoms with Crippen LogP contribution in [0.4, 0.5) is 4.79 Å². The van der Waals surface area contributed by atoms with Gasteiger partial charge in [-0.2, -0.15) is 0 Å². The van der Waals surface area contributed by atoms with E-state index in [0.29, 0.717) is 32.2 Å². The van der Waals surface area contributed by atoms with E-state index in [1.807, 2.05) is 56.5 Å². The fourth-order valence-electron chi connectivity index (χ4n) is 3.80. The number of sulfonamides is 1. The standard InChI is InChI=1S/C22H29N3O4S2/c1-22(2,3)29-21(26)25-12-11-18(24-31(27,28)17-9-10-17)19(25)13-16-14-30-20(23-16)15-7-5-4-6-8-15/h4-8,14,17-19,24H,9-13H2,1-3H3. The lowest BCUT2D eigenvalue weighted by atomic mass is 10.1. The maximum Gasteiger partial charge on any atom is 0.410 e. The molecule has 1 aromatic carbocycles. The molecule has 31 heavy (non-hydrogen) atoms. The molecule has 0 spiro atoms. The highest BCUT2D eigenvalue weighted by Crippen LogP contribution is 2.31. The van der Waals surface area contributed by atoms with Crippen molar-refractivity contribution in [1.29, 1.82) is 0 Å². The summed E-state index contributed by atoms with van der Waals surface area (Å²) in [6.45, 7) is 5.94.